The maximum absolute atomic E-state index is 11.8. The third-order valence-electron chi connectivity index (χ3n) is 2.70. The fraction of sp³-hybridized carbons (Fsp3) is 0.333. The van der Waals surface area contributed by atoms with Gasteiger partial charge in [0.05, 0.1) is 17.9 Å². The molecule has 2 aromatic rings. The van der Waals surface area contributed by atoms with Crippen molar-refractivity contribution < 1.29 is 0 Å². The number of hydrogen-bond donors (Lipinski definition) is 0. The number of aromatic nitrogens is 3. The third-order valence-corrected chi connectivity index (χ3v) is 3.83. The van der Waals surface area contributed by atoms with Crippen LogP contribution in [0.15, 0.2) is 23.1 Å². The predicted octanol–water partition coefficient (Wildman–Crippen LogP) is 1.85. The number of pyridine rings is 1. The number of rotatable bonds is 2. The van der Waals surface area contributed by atoms with E-state index < -0.39 is 0 Å². The van der Waals surface area contributed by atoms with Crippen LogP contribution >= 0.6 is 22.6 Å². The predicted molar refractivity (Wildman–Crippen MR) is 75.2 cm³/mol. The smallest absolute Gasteiger partial charge is 0.251 e. The second kappa shape index (κ2) is 4.64. The maximum Gasteiger partial charge on any atom is 0.251 e. The van der Waals surface area contributed by atoms with Crippen LogP contribution in [-0.2, 0) is 13.6 Å². The van der Waals surface area contributed by atoms with Gasteiger partial charge in [0.2, 0.25) is 0 Å². The van der Waals surface area contributed by atoms with E-state index in [0.29, 0.717) is 6.54 Å². The molecule has 0 unspecified atom stereocenters. The molecule has 0 radical (unpaired) electrons. The molecule has 17 heavy (non-hydrogen) atoms. The molecular weight excluding hydrogens is 329 g/mol. The van der Waals surface area contributed by atoms with E-state index in [9.17, 15) is 4.79 Å². The molecule has 0 fully saturated rings. The SMILES string of the molecule is Cc1cc(Cn2cc(I)c(C)cc2=O)n(C)n1. The Bertz CT molecular complexity index is 613. The first kappa shape index (κ1) is 12.3. The van der Waals surface area contributed by atoms with Gasteiger partial charge in [0.1, 0.15) is 0 Å². The molecule has 0 N–H and O–H groups in total. The molecule has 0 aliphatic heterocycles. The molecule has 0 bridgehead atoms. The zero-order valence-corrected chi connectivity index (χ0v) is 12.2. The summed E-state index contributed by atoms with van der Waals surface area (Å²) >= 11 is 2.24. The lowest BCUT2D eigenvalue weighted by Gasteiger charge is -2.07. The molecule has 0 atom stereocenters. The van der Waals surface area contributed by atoms with Gasteiger partial charge in [-0.15, -0.1) is 0 Å². The van der Waals surface area contributed by atoms with Crippen LogP contribution in [0.5, 0.6) is 0 Å². The van der Waals surface area contributed by atoms with Crippen molar-refractivity contribution in [3.05, 3.63) is 49.2 Å². The lowest BCUT2D eigenvalue weighted by molar-refractivity contribution is 0.649. The summed E-state index contributed by atoms with van der Waals surface area (Å²) in [6.07, 6.45) is 1.89. The minimum Gasteiger partial charge on any atom is -0.308 e. The highest BCUT2D eigenvalue weighted by Crippen LogP contribution is 2.09. The normalized spacial score (nSPS) is 10.8. The van der Waals surface area contributed by atoms with Crippen LogP contribution in [0.4, 0.5) is 0 Å². The topological polar surface area (TPSA) is 39.8 Å². The lowest BCUT2D eigenvalue weighted by Crippen LogP contribution is -2.21. The molecular formula is C12H14IN3O. The van der Waals surface area contributed by atoms with Gasteiger partial charge in [0.15, 0.2) is 0 Å². The van der Waals surface area contributed by atoms with E-state index in [-0.39, 0.29) is 5.56 Å². The maximum atomic E-state index is 11.8. The third kappa shape index (κ3) is 2.59. The Morgan fingerprint density at radius 1 is 1.35 bits per heavy atom. The highest BCUT2D eigenvalue weighted by Gasteiger charge is 2.06. The molecule has 5 heteroatoms. The summed E-state index contributed by atoms with van der Waals surface area (Å²) in [5.41, 5.74) is 3.05. The molecule has 2 aromatic heterocycles. The van der Waals surface area contributed by atoms with Crippen molar-refractivity contribution in [3.63, 3.8) is 0 Å². The molecule has 2 rings (SSSR count). The van der Waals surface area contributed by atoms with Gasteiger partial charge in [0.25, 0.3) is 5.56 Å². The van der Waals surface area contributed by atoms with Crippen LogP contribution in [-0.4, -0.2) is 14.3 Å². The fourth-order valence-corrected chi connectivity index (χ4v) is 2.24. The zero-order chi connectivity index (χ0) is 12.6. The van der Waals surface area contributed by atoms with Crippen molar-refractivity contribution in [3.8, 4) is 0 Å². The van der Waals surface area contributed by atoms with Gasteiger partial charge in [-0.05, 0) is 48.1 Å². The minimum absolute atomic E-state index is 0.0294. The monoisotopic (exact) mass is 343 g/mol. The molecule has 90 valence electrons. The quantitative estimate of drug-likeness (QED) is 0.781. The van der Waals surface area contributed by atoms with Crippen molar-refractivity contribution in [1.82, 2.24) is 14.3 Å². The molecule has 0 aliphatic rings. The number of halogens is 1. The number of nitrogens with zero attached hydrogens (tertiary/aromatic N) is 3. The highest BCUT2D eigenvalue weighted by molar-refractivity contribution is 14.1. The summed E-state index contributed by atoms with van der Waals surface area (Å²) in [7, 11) is 1.90. The van der Waals surface area contributed by atoms with Crippen LogP contribution in [0.2, 0.25) is 0 Å². The Labute approximate surface area is 113 Å². The Hall–Kier alpha value is -1.11. The second-order valence-electron chi connectivity index (χ2n) is 4.17. The highest BCUT2D eigenvalue weighted by atomic mass is 127. The molecule has 0 aromatic carbocycles. The first-order chi connectivity index (χ1) is 7.97. The zero-order valence-electron chi connectivity index (χ0n) is 10.1. The van der Waals surface area contributed by atoms with E-state index >= 15 is 0 Å². The fourth-order valence-electron chi connectivity index (χ4n) is 1.75. The second-order valence-corrected chi connectivity index (χ2v) is 5.33. The summed E-state index contributed by atoms with van der Waals surface area (Å²) in [6.45, 7) is 4.46. The van der Waals surface area contributed by atoms with Gasteiger partial charge in [-0.2, -0.15) is 5.10 Å². The largest absolute Gasteiger partial charge is 0.308 e. The van der Waals surface area contributed by atoms with E-state index in [4.69, 9.17) is 0 Å². The molecule has 0 amide bonds. The minimum atomic E-state index is 0.0294. The molecule has 0 spiro atoms. The van der Waals surface area contributed by atoms with Gasteiger partial charge in [-0.1, -0.05) is 0 Å². The van der Waals surface area contributed by atoms with Crippen molar-refractivity contribution in [2.45, 2.75) is 20.4 Å². The van der Waals surface area contributed by atoms with E-state index in [2.05, 4.69) is 27.7 Å². The van der Waals surface area contributed by atoms with Gasteiger partial charge in [-0.3, -0.25) is 9.48 Å². The average molecular weight is 343 g/mol. The molecule has 0 aliphatic carbocycles. The van der Waals surface area contributed by atoms with Gasteiger partial charge in [-0.25, -0.2) is 0 Å². The van der Waals surface area contributed by atoms with Crippen LogP contribution in [0.25, 0.3) is 0 Å². The van der Waals surface area contributed by atoms with Crippen LogP contribution in [0, 0.1) is 17.4 Å². The van der Waals surface area contributed by atoms with E-state index in [0.717, 1.165) is 20.5 Å². The van der Waals surface area contributed by atoms with Crippen LogP contribution in [0.3, 0.4) is 0 Å². The molecule has 0 saturated carbocycles. The van der Waals surface area contributed by atoms with Crippen molar-refractivity contribution in [2.75, 3.05) is 0 Å². The van der Waals surface area contributed by atoms with Gasteiger partial charge in [0, 0.05) is 22.9 Å². The molecule has 2 heterocycles. The lowest BCUT2D eigenvalue weighted by atomic mass is 10.3. The summed E-state index contributed by atoms with van der Waals surface area (Å²) in [4.78, 5) is 11.8. The van der Waals surface area contributed by atoms with Crippen molar-refractivity contribution in [2.24, 2.45) is 7.05 Å². The Morgan fingerprint density at radius 3 is 2.65 bits per heavy atom. The van der Waals surface area contributed by atoms with Crippen molar-refractivity contribution >= 4 is 22.6 Å². The van der Waals surface area contributed by atoms with Crippen LogP contribution in [0.1, 0.15) is 17.0 Å². The van der Waals surface area contributed by atoms with Gasteiger partial charge >= 0.3 is 0 Å². The van der Waals surface area contributed by atoms with E-state index in [1.54, 1.807) is 10.6 Å². The summed E-state index contributed by atoms with van der Waals surface area (Å²) in [5, 5.41) is 4.28. The number of hydrogen-bond acceptors (Lipinski definition) is 2. The Kier molecular flexibility index (Phi) is 3.37. The van der Waals surface area contributed by atoms with Crippen molar-refractivity contribution in [1.29, 1.82) is 0 Å². The van der Waals surface area contributed by atoms with Gasteiger partial charge < -0.3 is 4.57 Å². The summed E-state index contributed by atoms with van der Waals surface area (Å²) < 4.78 is 4.63. The van der Waals surface area contributed by atoms with Crippen LogP contribution < -0.4 is 5.56 Å². The first-order valence-corrected chi connectivity index (χ1v) is 6.41. The summed E-state index contributed by atoms with van der Waals surface area (Å²) in [5.74, 6) is 0. The molecule has 0 saturated heterocycles. The number of aryl methyl sites for hydroxylation is 3. The summed E-state index contributed by atoms with van der Waals surface area (Å²) in [6, 6.07) is 3.67. The molecule has 4 nitrogen and oxygen atoms in total. The first-order valence-electron chi connectivity index (χ1n) is 5.33. The Morgan fingerprint density at radius 2 is 2.06 bits per heavy atom. The standard InChI is InChI=1S/C12H14IN3O/c1-8-4-12(17)16(7-11(8)13)6-10-5-9(2)14-15(10)3/h4-5,7H,6H2,1-3H3. The average Bonchev–Trinajstić information content (AvgIpc) is 2.54. The van der Waals surface area contributed by atoms with E-state index in [1.165, 1.54) is 0 Å². The Balaban J connectivity index is 2.40. The van der Waals surface area contributed by atoms with E-state index in [1.807, 2.05) is 37.8 Å².